The van der Waals surface area contributed by atoms with Crippen LogP contribution in [0.15, 0.2) is 48.0 Å². The molecule has 0 saturated carbocycles. The first-order chi connectivity index (χ1) is 10.7. The second kappa shape index (κ2) is 5.26. The number of thiophene rings is 1. The zero-order valence-corrected chi connectivity index (χ0v) is 13.1. The molecular formula is C16H12ClN3OS. The number of para-hydroxylation sites is 1. The van der Waals surface area contributed by atoms with E-state index >= 15 is 0 Å². The molecule has 2 aromatic heterocycles. The van der Waals surface area contributed by atoms with Crippen LogP contribution in [0.5, 0.6) is 0 Å². The number of nitrogens with zero attached hydrogens (tertiary/aromatic N) is 2. The van der Waals surface area contributed by atoms with Crippen LogP contribution in [0.2, 0.25) is 5.02 Å². The zero-order chi connectivity index (χ0) is 15.1. The Morgan fingerprint density at radius 1 is 1.27 bits per heavy atom. The van der Waals surface area contributed by atoms with Gasteiger partial charge in [0.15, 0.2) is 0 Å². The van der Waals surface area contributed by atoms with Gasteiger partial charge in [-0.25, -0.2) is 4.68 Å². The lowest BCUT2D eigenvalue weighted by molar-refractivity contribution is -0.116. The highest BCUT2D eigenvalue weighted by atomic mass is 35.5. The molecule has 1 amide bonds. The van der Waals surface area contributed by atoms with Crippen molar-refractivity contribution in [3.63, 3.8) is 0 Å². The Kier molecular flexibility index (Phi) is 3.24. The average molecular weight is 330 g/mol. The van der Waals surface area contributed by atoms with Crippen LogP contribution in [0.3, 0.4) is 0 Å². The van der Waals surface area contributed by atoms with Gasteiger partial charge in [0.2, 0.25) is 5.91 Å². The monoisotopic (exact) mass is 329 g/mol. The number of amides is 1. The zero-order valence-electron chi connectivity index (χ0n) is 11.5. The number of aromatic nitrogens is 2. The lowest BCUT2D eigenvalue weighted by Gasteiger charge is -2.22. The lowest BCUT2D eigenvalue weighted by Crippen LogP contribution is -2.24. The molecule has 0 fully saturated rings. The molecule has 1 aliphatic heterocycles. The number of carbonyl (C=O) groups is 1. The van der Waals surface area contributed by atoms with Crippen molar-refractivity contribution in [3.05, 3.63) is 63.4 Å². The third-order valence-electron chi connectivity index (χ3n) is 3.79. The summed E-state index contributed by atoms with van der Waals surface area (Å²) >= 11 is 7.92. The Morgan fingerprint density at radius 3 is 2.91 bits per heavy atom. The topological polar surface area (TPSA) is 46.9 Å². The summed E-state index contributed by atoms with van der Waals surface area (Å²) in [7, 11) is 0. The van der Waals surface area contributed by atoms with Crippen molar-refractivity contribution in [1.82, 2.24) is 9.78 Å². The Hall–Kier alpha value is -2.11. The summed E-state index contributed by atoms with van der Waals surface area (Å²) in [6.45, 7) is 0. The first-order valence-electron chi connectivity index (χ1n) is 6.90. The van der Waals surface area contributed by atoms with E-state index in [9.17, 15) is 4.79 Å². The number of rotatable bonds is 2. The molecule has 0 saturated heterocycles. The van der Waals surface area contributed by atoms with Gasteiger partial charge in [-0.15, -0.1) is 11.3 Å². The number of hydrogen-bond donors (Lipinski definition) is 1. The molecular weight excluding hydrogens is 318 g/mol. The Bertz CT molecular complexity index is 841. The van der Waals surface area contributed by atoms with E-state index in [4.69, 9.17) is 11.6 Å². The maximum atomic E-state index is 12.1. The molecule has 0 bridgehead atoms. The number of anilines is 1. The molecule has 1 N–H and O–H groups in total. The van der Waals surface area contributed by atoms with Crippen LogP contribution >= 0.6 is 22.9 Å². The minimum atomic E-state index is -0.000274. The number of halogens is 1. The SMILES string of the molecule is O=C1CC(c2cccs2)c2cnn(-c3ccccc3Cl)c2N1. The van der Waals surface area contributed by atoms with Gasteiger partial charge in [-0.2, -0.15) is 5.10 Å². The molecule has 6 heteroatoms. The molecule has 110 valence electrons. The van der Waals surface area contributed by atoms with E-state index in [1.54, 1.807) is 16.0 Å². The van der Waals surface area contributed by atoms with Crippen LogP contribution in [-0.4, -0.2) is 15.7 Å². The lowest BCUT2D eigenvalue weighted by atomic mass is 9.93. The second-order valence-electron chi connectivity index (χ2n) is 5.13. The van der Waals surface area contributed by atoms with Crippen molar-refractivity contribution < 1.29 is 4.79 Å². The number of fused-ring (bicyclic) bond motifs is 1. The van der Waals surface area contributed by atoms with Crippen molar-refractivity contribution in [3.8, 4) is 5.69 Å². The highest BCUT2D eigenvalue weighted by Crippen LogP contribution is 2.40. The third kappa shape index (κ3) is 2.14. The summed E-state index contributed by atoms with van der Waals surface area (Å²) in [5.41, 5.74) is 1.79. The number of benzene rings is 1. The predicted molar refractivity (Wildman–Crippen MR) is 88.0 cm³/mol. The first kappa shape index (κ1) is 13.5. The summed E-state index contributed by atoms with van der Waals surface area (Å²) in [6, 6.07) is 11.5. The highest BCUT2D eigenvalue weighted by Gasteiger charge is 2.31. The fourth-order valence-corrected chi connectivity index (χ4v) is 3.83. The maximum absolute atomic E-state index is 12.1. The molecule has 1 unspecified atom stereocenters. The fraction of sp³-hybridized carbons (Fsp3) is 0.125. The average Bonchev–Trinajstić information content (AvgIpc) is 3.16. The third-order valence-corrected chi connectivity index (χ3v) is 5.09. The van der Waals surface area contributed by atoms with Crippen LogP contribution in [0.1, 0.15) is 22.8 Å². The molecule has 0 radical (unpaired) electrons. The molecule has 1 atom stereocenters. The van der Waals surface area contributed by atoms with Gasteiger partial charge in [0.1, 0.15) is 5.82 Å². The Morgan fingerprint density at radius 2 is 2.14 bits per heavy atom. The number of carbonyl (C=O) groups excluding carboxylic acids is 1. The summed E-state index contributed by atoms with van der Waals surface area (Å²) in [5, 5.41) is 10.0. The van der Waals surface area contributed by atoms with Gasteiger partial charge >= 0.3 is 0 Å². The van der Waals surface area contributed by atoms with Gasteiger partial charge in [-0.3, -0.25) is 4.79 Å². The van der Waals surface area contributed by atoms with Crippen LogP contribution in [0.4, 0.5) is 5.82 Å². The van der Waals surface area contributed by atoms with Crippen LogP contribution < -0.4 is 5.32 Å². The van der Waals surface area contributed by atoms with E-state index in [0.717, 1.165) is 11.3 Å². The van der Waals surface area contributed by atoms with Crippen molar-refractivity contribution in [2.45, 2.75) is 12.3 Å². The quantitative estimate of drug-likeness (QED) is 0.770. The normalized spacial score (nSPS) is 17.1. The molecule has 1 aromatic carbocycles. The van der Waals surface area contributed by atoms with E-state index in [2.05, 4.69) is 16.5 Å². The second-order valence-corrected chi connectivity index (χ2v) is 6.52. The van der Waals surface area contributed by atoms with E-state index in [0.29, 0.717) is 17.3 Å². The van der Waals surface area contributed by atoms with Gasteiger partial charge < -0.3 is 5.32 Å². The van der Waals surface area contributed by atoms with E-state index in [-0.39, 0.29) is 11.8 Å². The minimum Gasteiger partial charge on any atom is -0.310 e. The molecule has 4 nitrogen and oxygen atoms in total. The Labute approximate surface area is 136 Å². The van der Waals surface area contributed by atoms with E-state index < -0.39 is 0 Å². The van der Waals surface area contributed by atoms with Gasteiger partial charge in [-0.05, 0) is 23.6 Å². The van der Waals surface area contributed by atoms with Crippen LogP contribution in [0, 0.1) is 0 Å². The van der Waals surface area contributed by atoms with Crippen molar-refractivity contribution >= 4 is 34.7 Å². The molecule has 22 heavy (non-hydrogen) atoms. The summed E-state index contributed by atoms with van der Waals surface area (Å²) in [4.78, 5) is 13.3. The molecule has 3 aromatic rings. The van der Waals surface area contributed by atoms with Crippen LogP contribution in [0.25, 0.3) is 5.69 Å². The van der Waals surface area contributed by atoms with Crippen molar-refractivity contribution in [1.29, 1.82) is 0 Å². The minimum absolute atomic E-state index is 0.000274. The van der Waals surface area contributed by atoms with E-state index in [1.165, 1.54) is 4.88 Å². The van der Waals surface area contributed by atoms with Crippen LogP contribution in [-0.2, 0) is 4.79 Å². The number of nitrogens with one attached hydrogen (secondary N) is 1. The van der Waals surface area contributed by atoms with Gasteiger partial charge in [0, 0.05) is 22.8 Å². The standard InChI is InChI=1S/C16H12ClN3OS/c17-12-4-1-2-5-13(12)20-16-11(9-18-20)10(8-15(21)19-16)14-6-3-7-22-14/h1-7,9-10H,8H2,(H,19,21). The first-order valence-corrected chi connectivity index (χ1v) is 8.16. The summed E-state index contributed by atoms with van der Waals surface area (Å²) in [6.07, 6.45) is 2.27. The molecule has 0 spiro atoms. The van der Waals surface area contributed by atoms with E-state index in [1.807, 2.05) is 41.9 Å². The van der Waals surface area contributed by atoms with Gasteiger partial charge in [-0.1, -0.05) is 29.8 Å². The molecule has 4 rings (SSSR count). The van der Waals surface area contributed by atoms with Crippen molar-refractivity contribution in [2.75, 3.05) is 5.32 Å². The summed E-state index contributed by atoms with van der Waals surface area (Å²) < 4.78 is 1.70. The molecule has 1 aliphatic rings. The predicted octanol–water partition coefficient (Wildman–Crippen LogP) is 4.06. The number of hydrogen-bond acceptors (Lipinski definition) is 3. The maximum Gasteiger partial charge on any atom is 0.226 e. The van der Waals surface area contributed by atoms with Crippen molar-refractivity contribution in [2.24, 2.45) is 0 Å². The Balaban J connectivity index is 1.86. The smallest absolute Gasteiger partial charge is 0.226 e. The fourth-order valence-electron chi connectivity index (χ4n) is 2.77. The largest absolute Gasteiger partial charge is 0.310 e. The molecule has 0 aliphatic carbocycles. The summed E-state index contributed by atoms with van der Waals surface area (Å²) in [5.74, 6) is 0.766. The molecule has 3 heterocycles. The van der Waals surface area contributed by atoms with Gasteiger partial charge in [0.05, 0.1) is 16.9 Å². The van der Waals surface area contributed by atoms with Gasteiger partial charge in [0.25, 0.3) is 0 Å². The highest BCUT2D eigenvalue weighted by molar-refractivity contribution is 7.10.